The largest absolute Gasteiger partial charge is 0 e. The third-order valence-electron chi connectivity index (χ3n) is 7.72. The number of rotatable bonds is 3. The van der Waals surface area contributed by atoms with Gasteiger partial charge in [-0.2, -0.15) is 0 Å². The molecule has 0 N–H and O–H groups in total. The van der Waals surface area contributed by atoms with Crippen molar-refractivity contribution in [1.82, 2.24) is 9.97 Å². The van der Waals surface area contributed by atoms with Gasteiger partial charge in [0, 0.05) is 42.5 Å². The predicted octanol–water partition coefficient (Wildman–Crippen LogP) is 9.75. The van der Waals surface area contributed by atoms with Crippen molar-refractivity contribution in [2.45, 2.75) is 24.2 Å². The second-order valence-electron chi connectivity index (χ2n) is 11.8. The summed E-state index contributed by atoms with van der Waals surface area (Å²) < 4.78 is 13.6. The van der Waals surface area contributed by atoms with E-state index in [4.69, 9.17) is 8.83 Å². The van der Waals surface area contributed by atoms with E-state index in [1.807, 2.05) is 73.1 Å². The summed E-state index contributed by atoms with van der Waals surface area (Å²) in [6, 6.07) is 39.0. The average molecular weight is 811 g/mol. The second-order valence-corrected chi connectivity index (χ2v) is 22.5. The van der Waals surface area contributed by atoms with E-state index < -0.39 is 13.3 Å². The third-order valence-corrected chi connectivity index (χ3v) is 12.0. The molecule has 44 heavy (non-hydrogen) atoms. The molecule has 8 aromatic rings. The molecule has 4 aromatic carbocycles. The summed E-state index contributed by atoms with van der Waals surface area (Å²) in [4.78, 5) is 9.22. The minimum Gasteiger partial charge on any atom is 0 e. The van der Waals surface area contributed by atoms with Gasteiger partial charge in [-0.15, -0.1) is 18.2 Å². The Kier molecular flexibility index (Phi) is 8.30. The molecule has 4 heterocycles. The molecular formula is C38H30GeIrN2O2-2. The van der Waals surface area contributed by atoms with Crippen LogP contribution in [0.1, 0.15) is 5.56 Å². The molecule has 1 radical (unpaired) electrons. The Morgan fingerprint density at radius 3 is 2.16 bits per heavy atom. The number of furan rings is 2. The molecule has 0 aliphatic carbocycles. The fourth-order valence-corrected chi connectivity index (χ4v) is 7.52. The summed E-state index contributed by atoms with van der Waals surface area (Å²) in [5.74, 6) is 7.14. The van der Waals surface area contributed by atoms with Gasteiger partial charge in [0.2, 0.25) is 0 Å². The maximum absolute atomic E-state index is 6.19. The van der Waals surface area contributed by atoms with Gasteiger partial charge in [-0.05, 0) is 36.4 Å². The predicted molar refractivity (Wildman–Crippen MR) is 179 cm³/mol. The Bertz CT molecular complexity index is 2230. The van der Waals surface area contributed by atoms with Gasteiger partial charge in [0.05, 0.1) is 5.58 Å². The first-order valence-corrected chi connectivity index (χ1v) is 21.7. The van der Waals surface area contributed by atoms with Crippen LogP contribution in [-0.2, 0) is 20.1 Å². The summed E-state index contributed by atoms with van der Waals surface area (Å²) in [5, 5.41) is 4.27. The molecule has 8 rings (SSSR count). The van der Waals surface area contributed by atoms with E-state index >= 15 is 0 Å². The van der Waals surface area contributed by atoms with Crippen LogP contribution in [0.25, 0.3) is 66.4 Å². The molecule has 0 aliphatic rings. The fourth-order valence-electron chi connectivity index (χ4n) is 5.35. The summed E-state index contributed by atoms with van der Waals surface area (Å²) in [6.07, 6.45) is 3.91. The minimum atomic E-state index is -1.72. The van der Waals surface area contributed by atoms with Crippen molar-refractivity contribution in [3.05, 3.63) is 127 Å². The van der Waals surface area contributed by atoms with Crippen LogP contribution >= 0.6 is 0 Å². The number of hydrogen-bond acceptors (Lipinski definition) is 4. The SMILES string of the molecule is Cc1ccc2c(c1)oc1c(-c3cc4oc5ccccc5c4cn3)[c-]ccc12.[CH3][Ge]([CH3])([CH3])[c]1ccc(-c2[c-]cccc2)nc1.[Ir]. The van der Waals surface area contributed by atoms with E-state index in [0.717, 1.165) is 66.4 Å². The zero-order valence-corrected chi connectivity index (χ0v) is 29.4. The molecule has 0 fully saturated rings. The van der Waals surface area contributed by atoms with Crippen molar-refractivity contribution < 1.29 is 28.9 Å². The minimum absolute atomic E-state index is 0. The van der Waals surface area contributed by atoms with Gasteiger partial charge >= 0.3 is 99.8 Å². The molecule has 0 saturated carbocycles. The first-order chi connectivity index (χ1) is 20.8. The van der Waals surface area contributed by atoms with Crippen molar-refractivity contribution in [3.8, 4) is 22.5 Å². The van der Waals surface area contributed by atoms with Gasteiger partial charge < -0.3 is 13.8 Å². The van der Waals surface area contributed by atoms with Crippen LogP contribution in [0.4, 0.5) is 0 Å². The molecule has 4 aromatic heterocycles. The zero-order valence-electron chi connectivity index (χ0n) is 24.9. The molecule has 0 atom stereocenters. The Hall–Kier alpha value is -4.03. The van der Waals surface area contributed by atoms with Gasteiger partial charge in [-0.25, -0.2) is 0 Å². The maximum atomic E-state index is 6.19. The van der Waals surface area contributed by atoms with Crippen molar-refractivity contribution in [1.29, 1.82) is 0 Å². The number of hydrogen-bond donors (Lipinski definition) is 0. The molecule has 0 aliphatic heterocycles. The van der Waals surface area contributed by atoms with Crippen LogP contribution in [0.5, 0.6) is 0 Å². The van der Waals surface area contributed by atoms with Gasteiger partial charge in [0.15, 0.2) is 0 Å². The van der Waals surface area contributed by atoms with E-state index in [2.05, 4.69) is 82.7 Å². The molecule has 219 valence electrons. The second kappa shape index (κ2) is 12.2. The third kappa shape index (κ3) is 5.75. The normalized spacial score (nSPS) is 11.5. The molecule has 6 heteroatoms. The van der Waals surface area contributed by atoms with E-state index in [9.17, 15) is 0 Å². The van der Waals surface area contributed by atoms with E-state index in [1.165, 1.54) is 9.96 Å². The van der Waals surface area contributed by atoms with Gasteiger partial charge in [0.1, 0.15) is 16.7 Å². The van der Waals surface area contributed by atoms with Crippen LogP contribution in [0.2, 0.25) is 17.3 Å². The molecule has 4 nitrogen and oxygen atoms in total. The Morgan fingerprint density at radius 1 is 0.614 bits per heavy atom. The molecule has 0 spiro atoms. The molecule has 0 unspecified atom stereocenters. The number of nitrogens with zero attached hydrogens (tertiary/aromatic N) is 2. The summed E-state index contributed by atoms with van der Waals surface area (Å²) in [5.41, 5.74) is 8.27. The van der Waals surface area contributed by atoms with Gasteiger partial charge in [-0.1, -0.05) is 41.3 Å². The molecule has 0 saturated heterocycles. The van der Waals surface area contributed by atoms with Crippen molar-refractivity contribution >= 4 is 61.5 Å². The smallest absolute Gasteiger partial charge is 0 e. The number of aryl methyl sites for hydroxylation is 1. The van der Waals surface area contributed by atoms with Crippen LogP contribution in [-0.4, -0.2) is 23.2 Å². The van der Waals surface area contributed by atoms with Gasteiger partial charge in [-0.3, -0.25) is 0 Å². The van der Waals surface area contributed by atoms with Crippen LogP contribution in [0.3, 0.4) is 0 Å². The Morgan fingerprint density at radius 2 is 1.39 bits per heavy atom. The Labute approximate surface area is 272 Å². The number of pyridine rings is 2. The first kappa shape index (κ1) is 30.0. The molecular weight excluding hydrogens is 781 g/mol. The molecule has 0 bridgehead atoms. The van der Waals surface area contributed by atoms with Crippen molar-refractivity contribution in [3.63, 3.8) is 0 Å². The average Bonchev–Trinajstić information content (AvgIpc) is 3.58. The number of fused-ring (bicyclic) bond motifs is 6. The maximum Gasteiger partial charge on any atom is 0 e. The monoisotopic (exact) mass is 813 g/mol. The van der Waals surface area contributed by atoms with E-state index in [-0.39, 0.29) is 20.1 Å². The van der Waals surface area contributed by atoms with Crippen molar-refractivity contribution in [2.24, 2.45) is 0 Å². The number of aromatic nitrogens is 2. The van der Waals surface area contributed by atoms with E-state index in [0.29, 0.717) is 0 Å². The molecule has 0 amide bonds. The van der Waals surface area contributed by atoms with Crippen LogP contribution in [0, 0.1) is 19.1 Å². The Balaban J connectivity index is 0.000000174. The van der Waals surface area contributed by atoms with Crippen LogP contribution < -0.4 is 4.40 Å². The fraction of sp³-hybridized carbons (Fsp3) is 0.105. The van der Waals surface area contributed by atoms with Crippen molar-refractivity contribution in [2.75, 3.05) is 0 Å². The summed E-state index contributed by atoms with van der Waals surface area (Å²) in [6.45, 7) is 2.07. The van der Waals surface area contributed by atoms with E-state index in [1.54, 1.807) is 0 Å². The standard InChI is InChI=1S/C24H14NO2.C14H16GeN.Ir/c1-14-9-10-16-17-6-4-7-18(24(17)27-22(16)11-14)20-12-23-19(13-25-20)15-5-2-3-8-21(15)26-23;1-15(2,3)13-9-10-14(16-11-13)12-7-5-4-6-8-12;/h2-6,8-13H,1H3;4-7,9-11H,1-3H3;/q2*-1;. The number of benzene rings is 4. The first-order valence-electron chi connectivity index (χ1n) is 14.4. The van der Waals surface area contributed by atoms with Gasteiger partial charge in [0.25, 0.3) is 0 Å². The summed E-state index contributed by atoms with van der Waals surface area (Å²) in [7, 11) is 0. The van der Waals surface area contributed by atoms with Crippen LogP contribution in [0.15, 0.2) is 118 Å². The zero-order chi connectivity index (χ0) is 29.6. The summed E-state index contributed by atoms with van der Waals surface area (Å²) >= 11 is -1.72. The number of para-hydroxylation sites is 1. The quantitative estimate of drug-likeness (QED) is 0.132. The topological polar surface area (TPSA) is 52.1 Å².